The van der Waals surface area contributed by atoms with Crippen LogP contribution in [0.15, 0.2) is 30.3 Å². The molecule has 0 heterocycles. The Morgan fingerprint density at radius 3 is 2.43 bits per heavy atom. The van der Waals surface area contributed by atoms with E-state index in [0.717, 1.165) is 24.2 Å². The standard InChI is InChI=1S/C20H30O3/c1-5-7-8-17(6-2)15-22-20(21)14-11-18-9-12-19(13-10-18)23-16(3)4/h9-14,16-17H,5-8,15H2,1-4H3. The molecule has 0 saturated carbocycles. The summed E-state index contributed by atoms with van der Waals surface area (Å²) in [5, 5.41) is 0. The molecule has 0 aromatic heterocycles. The maximum atomic E-state index is 11.8. The highest BCUT2D eigenvalue weighted by Crippen LogP contribution is 2.15. The average Bonchev–Trinajstić information content (AvgIpc) is 2.54. The van der Waals surface area contributed by atoms with E-state index in [4.69, 9.17) is 9.47 Å². The van der Waals surface area contributed by atoms with E-state index in [0.29, 0.717) is 12.5 Å². The highest BCUT2D eigenvalue weighted by atomic mass is 16.5. The fraction of sp³-hybridized carbons (Fsp3) is 0.550. The fourth-order valence-corrected chi connectivity index (χ4v) is 2.24. The van der Waals surface area contributed by atoms with Crippen molar-refractivity contribution in [2.75, 3.05) is 6.61 Å². The lowest BCUT2D eigenvalue weighted by Crippen LogP contribution is -2.12. The summed E-state index contributed by atoms with van der Waals surface area (Å²) in [6.07, 6.45) is 7.97. The molecule has 1 atom stereocenters. The number of carbonyl (C=O) groups is 1. The fourth-order valence-electron chi connectivity index (χ4n) is 2.24. The van der Waals surface area contributed by atoms with E-state index in [2.05, 4.69) is 13.8 Å². The van der Waals surface area contributed by atoms with E-state index in [9.17, 15) is 4.79 Å². The van der Waals surface area contributed by atoms with Gasteiger partial charge in [0.25, 0.3) is 0 Å². The zero-order chi connectivity index (χ0) is 17.1. The number of unbranched alkanes of at least 4 members (excludes halogenated alkanes) is 1. The van der Waals surface area contributed by atoms with E-state index in [1.807, 2.05) is 38.1 Å². The van der Waals surface area contributed by atoms with Crippen molar-refractivity contribution in [3.63, 3.8) is 0 Å². The Morgan fingerprint density at radius 1 is 1.17 bits per heavy atom. The molecule has 3 nitrogen and oxygen atoms in total. The van der Waals surface area contributed by atoms with Crippen LogP contribution in [-0.2, 0) is 9.53 Å². The normalized spacial score (nSPS) is 12.6. The number of esters is 1. The molecule has 0 saturated heterocycles. The van der Waals surface area contributed by atoms with Crippen molar-refractivity contribution in [3.05, 3.63) is 35.9 Å². The number of rotatable bonds is 10. The minimum Gasteiger partial charge on any atom is -0.491 e. The summed E-state index contributed by atoms with van der Waals surface area (Å²) in [6.45, 7) is 8.83. The van der Waals surface area contributed by atoms with E-state index in [-0.39, 0.29) is 12.1 Å². The van der Waals surface area contributed by atoms with Gasteiger partial charge in [-0.1, -0.05) is 45.2 Å². The smallest absolute Gasteiger partial charge is 0.330 e. The Bertz CT molecular complexity index is 474. The zero-order valence-corrected chi connectivity index (χ0v) is 14.9. The molecule has 1 unspecified atom stereocenters. The van der Waals surface area contributed by atoms with Gasteiger partial charge in [-0.05, 0) is 50.0 Å². The largest absolute Gasteiger partial charge is 0.491 e. The van der Waals surface area contributed by atoms with Crippen LogP contribution in [0.5, 0.6) is 5.75 Å². The molecule has 0 radical (unpaired) electrons. The lowest BCUT2D eigenvalue weighted by molar-refractivity contribution is -0.139. The van der Waals surface area contributed by atoms with Gasteiger partial charge in [0, 0.05) is 6.08 Å². The first-order chi connectivity index (χ1) is 11.0. The number of benzene rings is 1. The molecular formula is C20H30O3. The van der Waals surface area contributed by atoms with E-state index in [1.54, 1.807) is 6.08 Å². The second-order valence-electron chi connectivity index (χ2n) is 6.12. The first-order valence-corrected chi connectivity index (χ1v) is 8.66. The van der Waals surface area contributed by atoms with Gasteiger partial charge >= 0.3 is 5.97 Å². The topological polar surface area (TPSA) is 35.5 Å². The summed E-state index contributed by atoms with van der Waals surface area (Å²) in [4.78, 5) is 11.8. The van der Waals surface area contributed by atoms with Crippen LogP contribution in [0.1, 0.15) is 58.9 Å². The average molecular weight is 318 g/mol. The van der Waals surface area contributed by atoms with Crippen LogP contribution in [0.2, 0.25) is 0 Å². The monoisotopic (exact) mass is 318 g/mol. The van der Waals surface area contributed by atoms with E-state index in [1.165, 1.54) is 18.9 Å². The minimum atomic E-state index is -0.276. The van der Waals surface area contributed by atoms with Crippen LogP contribution in [0.4, 0.5) is 0 Å². The van der Waals surface area contributed by atoms with Crippen LogP contribution in [0, 0.1) is 5.92 Å². The molecule has 0 bridgehead atoms. The van der Waals surface area contributed by atoms with Gasteiger partial charge in [-0.15, -0.1) is 0 Å². The van der Waals surface area contributed by atoms with Gasteiger partial charge in [0.05, 0.1) is 12.7 Å². The van der Waals surface area contributed by atoms with E-state index >= 15 is 0 Å². The first-order valence-electron chi connectivity index (χ1n) is 8.66. The maximum Gasteiger partial charge on any atom is 0.330 e. The molecule has 0 aliphatic carbocycles. The Hall–Kier alpha value is -1.77. The van der Waals surface area contributed by atoms with Crippen molar-refractivity contribution in [1.82, 2.24) is 0 Å². The summed E-state index contributed by atoms with van der Waals surface area (Å²) < 4.78 is 10.9. The summed E-state index contributed by atoms with van der Waals surface area (Å²) >= 11 is 0. The molecule has 1 rings (SSSR count). The van der Waals surface area contributed by atoms with Gasteiger partial charge in [0.15, 0.2) is 0 Å². The molecule has 1 aromatic rings. The van der Waals surface area contributed by atoms with Crippen LogP contribution in [0.25, 0.3) is 6.08 Å². The van der Waals surface area contributed by atoms with Gasteiger partial charge in [0.2, 0.25) is 0 Å². The third-order valence-corrected chi connectivity index (χ3v) is 3.67. The second kappa shape index (κ2) is 10.9. The molecule has 0 fully saturated rings. The van der Waals surface area contributed by atoms with Crippen molar-refractivity contribution in [2.45, 2.75) is 59.5 Å². The molecule has 1 aromatic carbocycles. The number of ether oxygens (including phenoxy) is 2. The van der Waals surface area contributed by atoms with Crippen LogP contribution in [0.3, 0.4) is 0 Å². The molecule has 3 heteroatoms. The van der Waals surface area contributed by atoms with Crippen molar-refractivity contribution < 1.29 is 14.3 Å². The quantitative estimate of drug-likeness (QED) is 0.437. The Kier molecular flexibility index (Phi) is 9.11. The van der Waals surface area contributed by atoms with E-state index < -0.39 is 0 Å². The highest BCUT2D eigenvalue weighted by molar-refractivity contribution is 5.87. The SMILES string of the molecule is CCCCC(CC)COC(=O)C=Cc1ccc(OC(C)C)cc1. The third kappa shape index (κ3) is 8.44. The molecule has 0 N–H and O–H groups in total. The molecule has 128 valence electrons. The van der Waals surface area contributed by atoms with Crippen molar-refractivity contribution in [1.29, 1.82) is 0 Å². The Labute approximate surface area is 140 Å². The maximum absolute atomic E-state index is 11.8. The van der Waals surface area contributed by atoms with Crippen LogP contribution in [-0.4, -0.2) is 18.7 Å². The summed E-state index contributed by atoms with van der Waals surface area (Å²) in [5.41, 5.74) is 0.955. The van der Waals surface area contributed by atoms with Crippen molar-refractivity contribution >= 4 is 12.0 Å². The number of carbonyl (C=O) groups excluding carboxylic acids is 1. The van der Waals surface area contributed by atoms with Crippen LogP contribution >= 0.6 is 0 Å². The predicted octanol–water partition coefficient (Wildman–Crippen LogP) is 5.25. The van der Waals surface area contributed by atoms with Crippen molar-refractivity contribution in [3.8, 4) is 5.75 Å². The van der Waals surface area contributed by atoms with Gasteiger partial charge in [0.1, 0.15) is 5.75 Å². The Balaban J connectivity index is 2.42. The number of hydrogen-bond acceptors (Lipinski definition) is 3. The van der Waals surface area contributed by atoms with Crippen LogP contribution < -0.4 is 4.74 Å². The summed E-state index contributed by atoms with van der Waals surface area (Å²) in [7, 11) is 0. The third-order valence-electron chi connectivity index (χ3n) is 3.67. The van der Waals surface area contributed by atoms with Gasteiger partial charge in [-0.3, -0.25) is 0 Å². The molecule has 0 amide bonds. The zero-order valence-electron chi connectivity index (χ0n) is 14.9. The van der Waals surface area contributed by atoms with Gasteiger partial charge in [-0.25, -0.2) is 4.79 Å². The molecule has 0 aliphatic rings. The van der Waals surface area contributed by atoms with Gasteiger partial charge in [-0.2, -0.15) is 0 Å². The minimum absolute atomic E-state index is 0.158. The van der Waals surface area contributed by atoms with Crippen molar-refractivity contribution in [2.24, 2.45) is 5.92 Å². The number of hydrogen-bond donors (Lipinski definition) is 0. The molecule has 0 spiro atoms. The summed E-state index contributed by atoms with van der Waals surface area (Å²) in [6, 6.07) is 7.67. The molecular weight excluding hydrogens is 288 g/mol. The lowest BCUT2D eigenvalue weighted by atomic mass is 10.0. The molecule has 0 aliphatic heterocycles. The second-order valence-corrected chi connectivity index (χ2v) is 6.12. The van der Waals surface area contributed by atoms with Gasteiger partial charge < -0.3 is 9.47 Å². The molecule has 23 heavy (non-hydrogen) atoms. The summed E-state index contributed by atoms with van der Waals surface area (Å²) in [5.74, 6) is 1.03. The predicted molar refractivity (Wildman–Crippen MR) is 95.5 cm³/mol. The first kappa shape index (κ1) is 19.3. The highest BCUT2D eigenvalue weighted by Gasteiger charge is 2.08. The Morgan fingerprint density at radius 2 is 1.87 bits per heavy atom. The lowest BCUT2D eigenvalue weighted by Gasteiger charge is -2.13.